The van der Waals surface area contributed by atoms with Gasteiger partial charge in [-0.05, 0) is 150 Å². The Morgan fingerprint density at radius 1 is 0.530 bits per heavy atom. The van der Waals surface area contributed by atoms with E-state index in [0.29, 0.717) is 13.1 Å². The van der Waals surface area contributed by atoms with Crippen molar-refractivity contribution < 1.29 is 55.4 Å². The number of carboxylic acid groups (broad SMARTS) is 1. The van der Waals surface area contributed by atoms with E-state index in [-0.39, 0.29) is 81.5 Å². The number of fused-ring (bicyclic) bond motifs is 2. The first-order valence-corrected chi connectivity index (χ1v) is 34.9. The molecule has 6 saturated carbocycles. The summed E-state index contributed by atoms with van der Waals surface area (Å²) >= 11 is 0. The number of likely N-dealkylation sites (tertiary alicyclic amines) is 2. The van der Waals surface area contributed by atoms with Crippen LogP contribution < -0.4 is 21.3 Å². The lowest BCUT2D eigenvalue weighted by atomic mass is 9.68. The van der Waals surface area contributed by atoms with Gasteiger partial charge in [0.05, 0.1) is 39.2 Å². The van der Waals surface area contributed by atoms with E-state index >= 15 is 0 Å². The Balaban J connectivity index is 0.000000239. The number of sulfone groups is 2. The zero-order valence-electron chi connectivity index (χ0n) is 53.7. The predicted octanol–water partition coefficient (Wildman–Crippen LogP) is 9.29. The van der Waals surface area contributed by atoms with Crippen LogP contribution in [0, 0.1) is 69.0 Å². The Kier molecular flexibility index (Phi) is 18.9. The van der Waals surface area contributed by atoms with Gasteiger partial charge in [-0.2, -0.15) is 0 Å². The van der Waals surface area contributed by atoms with Gasteiger partial charge in [0, 0.05) is 24.9 Å². The Bertz CT molecular complexity index is 2660. The van der Waals surface area contributed by atoms with Crippen LogP contribution in [0.2, 0.25) is 0 Å². The molecule has 474 valence electrons. The summed E-state index contributed by atoms with van der Waals surface area (Å²) < 4.78 is 57.3. The molecule has 20 heteroatoms. The van der Waals surface area contributed by atoms with E-state index in [9.17, 15) is 50.7 Å². The molecule has 5 N–H and O–H groups in total. The molecule has 0 aromatic carbocycles. The van der Waals surface area contributed by atoms with Crippen LogP contribution in [-0.2, 0) is 43.6 Å². The minimum absolute atomic E-state index is 0.0388. The number of piperidine rings is 2. The third-order valence-electron chi connectivity index (χ3n) is 23.6. The fraction of sp³-hybridized carbons (Fsp3) is 0.905. The zero-order chi connectivity index (χ0) is 62.2. The second-order valence-electron chi connectivity index (χ2n) is 31.4. The summed E-state index contributed by atoms with van der Waals surface area (Å²) in [7, 11) is -5.77. The molecule has 8 rings (SSSR count). The zero-order valence-corrected chi connectivity index (χ0v) is 55.4. The number of amides is 6. The second-order valence-corrected chi connectivity index (χ2v) is 36.9. The third kappa shape index (κ3) is 12.6. The van der Waals surface area contributed by atoms with Gasteiger partial charge in [0.25, 0.3) is 0 Å². The molecule has 2 unspecified atom stereocenters. The average molecular weight is 1210 g/mol. The standard InChI is InChI=1S/C32H55N3O6S.C31H53N3O6S/c1-20-14-13-15-21(2)32(20,19-42(39,40)29(3,4)5)34-28(38)33-25(31(8)16-11-10-12-17-31)26(36)35-18-22-23(30(22,6)7)24(35)27(37)41-9;1-19-13-12-14-20(2)31(19,18-41(39,40)28(3,4)5)33-27(38)32-24(30(8)15-10-9-11-16-30)25(35)34-17-21-22(29(21,6)7)23(34)26(36)37/h20-25H,10-19H2,1-9H3,(H2,33,34,38);19-24H,9-18H2,1-8H3,(H,36,37)(H2,32,33,38)/t20-,21+,22-,23-,24-,25+,32?;19-,20+,21-,22-,23-,24+,31?/m00/s1. The summed E-state index contributed by atoms with van der Waals surface area (Å²) in [5, 5.41) is 22.6. The number of aliphatic carboxylic acids is 1. The van der Waals surface area contributed by atoms with Crippen LogP contribution in [0.1, 0.15) is 214 Å². The minimum Gasteiger partial charge on any atom is -0.480 e. The molecule has 2 saturated heterocycles. The summed E-state index contributed by atoms with van der Waals surface area (Å²) in [5.74, 6) is -2.24. The molecule has 0 aromatic heterocycles. The number of carboxylic acids is 1. The Morgan fingerprint density at radius 3 is 1.14 bits per heavy atom. The lowest BCUT2D eigenvalue weighted by Gasteiger charge is -2.49. The Morgan fingerprint density at radius 2 is 0.843 bits per heavy atom. The van der Waals surface area contributed by atoms with E-state index in [1.165, 1.54) is 12.0 Å². The molecule has 0 radical (unpaired) electrons. The largest absolute Gasteiger partial charge is 0.480 e. The smallest absolute Gasteiger partial charge is 0.328 e. The first-order chi connectivity index (χ1) is 38.1. The van der Waals surface area contributed by atoms with Crippen molar-refractivity contribution in [3.05, 3.63) is 0 Å². The SMILES string of the molecule is COC(=O)[C@@H]1[C@@H]2[C@H](CN1C(=O)[C@@H](NC(=O)NC1(CS(=O)(=O)C(C)(C)C)[C@H](C)CCC[C@@H]1C)C1(C)CCCCC1)C2(C)C.C[C@@H]1CCC[C@H](C)C1(CS(=O)(=O)C(C)(C)C)NC(=O)N[C@H](C(=O)N1C[C@H]2[C@@H]([C@H]1C(=O)O)C2(C)C)C1(C)CCCCC1. The number of rotatable bonds is 14. The highest BCUT2D eigenvalue weighted by Crippen LogP contribution is 2.66. The lowest BCUT2D eigenvalue weighted by Crippen LogP contribution is -2.68. The monoisotopic (exact) mass is 1200 g/mol. The molecule has 0 spiro atoms. The van der Waals surface area contributed by atoms with E-state index in [1.54, 1.807) is 46.4 Å². The topological polar surface area (TPSA) is 255 Å². The van der Waals surface area contributed by atoms with Gasteiger partial charge in [0.15, 0.2) is 19.7 Å². The van der Waals surface area contributed by atoms with Crippen molar-refractivity contribution in [1.29, 1.82) is 0 Å². The molecule has 8 fully saturated rings. The summed E-state index contributed by atoms with van der Waals surface area (Å²) in [6, 6.07) is -4.35. The molecule has 83 heavy (non-hydrogen) atoms. The van der Waals surface area contributed by atoms with E-state index in [4.69, 9.17) is 4.74 Å². The normalized spacial score (nSPS) is 34.9. The fourth-order valence-electron chi connectivity index (χ4n) is 16.8. The van der Waals surface area contributed by atoms with Crippen LogP contribution >= 0.6 is 0 Å². The van der Waals surface area contributed by atoms with Gasteiger partial charge in [-0.15, -0.1) is 0 Å². The van der Waals surface area contributed by atoms with E-state index in [1.807, 2.05) is 34.6 Å². The second kappa shape index (κ2) is 23.4. The number of ether oxygens (including phenoxy) is 1. The number of urea groups is 2. The van der Waals surface area contributed by atoms with Gasteiger partial charge in [-0.3, -0.25) is 9.59 Å². The Labute approximate surface area is 498 Å². The number of nitrogens with one attached hydrogen (secondary N) is 4. The molecule has 6 amide bonds. The Hall–Kier alpha value is -3.68. The predicted molar refractivity (Wildman–Crippen MR) is 322 cm³/mol. The summed E-state index contributed by atoms with van der Waals surface area (Å²) in [6.07, 6.45) is 14.2. The number of carbonyl (C=O) groups is 6. The summed E-state index contributed by atoms with van der Waals surface area (Å²) in [5.41, 5.74) is -3.09. The first kappa shape index (κ1) is 66.8. The molecule has 2 aliphatic heterocycles. The van der Waals surface area contributed by atoms with Gasteiger partial charge >= 0.3 is 24.0 Å². The van der Waals surface area contributed by atoms with Crippen molar-refractivity contribution >= 4 is 55.5 Å². The van der Waals surface area contributed by atoms with Crippen molar-refractivity contribution in [2.24, 2.45) is 69.0 Å². The van der Waals surface area contributed by atoms with Crippen molar-refractivity contribution in [1.82, 2.24) is 31.1 Å². The van der Waals surface area contributed by atoms with Gasteiger partial charge < -0.3 is 40.9 Å². The lowest BCUT2D eigenvalue weighted by molar-refractivity contribution is -0.155. The number of carbonyl (C=O) groups excluding carboxylic acids is 5. The van der Waals surface area contributed by atoms with Crippen LogP contribution in [-0.4, -0.2) is 144 Å². The average Bonchev–Trinajstić information content (AvgIpc) is 3.47. The molecule has 0 bridgehead atoms. The highest BCUT2D eigenvalue weighted by atomic mass is 32.2. The highest BCUT2D eigenvalue weighted by molar-refractivity contribution is 7.93. The maximum absolute atomic E-state index is 14.4. The molecular formula is C63H108N6O12S2. The summed E-state index contributed by atoms with van der Waals surface area (Å²) in [6.45, 7) is 31.5. The molecule has 8 aliphatic rings. The van der Waals surface area contributed by atoms with E-state index in [2.05, 4.69) is 55.9 Å². The first-order valence-electron chi connectivity index (χ1n) is 31.6. The molecular weight excluding hydrogens is 1100 g/mol. The number of esters is 1. The van der Waals surface area contributed by atoms with Gasteiger partial charge in [-0.1, -0.05) is 121 Å². The fourth-order valence-corrected chi connectivity index (χ4v) is 20.2. The van der Waals surface area contributed by atoms with E-state index in [0.717, 1.165) is 103 Å². The molecule has 6 aliphatic carbocycles. The molecule has 18 nitrogen and oxygen atoms in total. The van der Waals surface area contributed by atoms with Gasteiger partial charge in [0.2, 0.25) is 11.8 Å². The highest BCUT2D eigenvalue weighted by Gasteiger charge is 2.72. The summed E-state index contributed by atoms with van der Waals surface area (Å²) in [4.78, 5) is 85.2. The van der Waals surface area contributed by atoms with Crippen LogP contribution in [0.4, 0.5) is 9.59 Å². The van der Waals surface area contributed by atoms with Crippen molar-refractivity contribution in [3.8, 4) is 0 Å². The molecule has 2 heterocycles. The maximum Gasteiger partial charge on any atom is 0.328 e. The van der Waals surface area contributed by atoms with Crippen molar-refractivity contribution in [2.45, 2.75) is 258 Å². The van der Waals surface area contributed by atoms with Crippen LogP contribution in [0.25, 0.3) is 0 Å². The third-order valence-corrected chi connectivity index (χ3v) is 29.0. The van der Waals surface area contributed by atoms with Crippen LogP contribution in [0.5, 0.6) is 0 Å². The van der Waals surface area contributed by atoms with Crippen molar-refractivity contribution in [2.75, 3.05) is 31.7 Å². The van der Waals surface area contributed by atoms with Gasteiger partial charge in [-0.25, -0.2) is 36.0 Å². The quantitative estimate of drug-likeness (QED) is 0.102. The maximum atomic E-state index is 14.4. The number of nitrogens with zero attached hydrogens (tertiary/aromatic N) is 2. The van der Waals surface area contributed by atoms with Crippen LogP contribution in [0.3, 0.4) is 0 Å². The molecule has 0 aromatic rings. The number of hydrogen-bond acceptors (Lipinski definition) is 11. The number of hydrogen-bond donors (Lipinski definition) is 5. The van der Waals surface area contributed by atoms with E-state index < -0.39 is 99.2 Å². The van der Waals surface area contributed by atoms with Crippen molar-refractivity contribution in [3.63, 3.8) is 0 Å². The minimum atomic E-state index is -3.57. The van der Waals surface area contributed by atoms with Crippen LogP contribution in [0.15, 0.2) is 0 Å². The number of methoxy groups -OCH3 is 1. The van der Waals surface area contributed by atoms with Gasteiger partial charge in [0.1, 0.15) is 24.2 Å². The molecule has 14 atom stereocenters.